The topological polar surface area (TPSA) is 54.0 Å². The molecule has 2 aromatic carbocycles. The first-order valence-corrected chi connectivity index (χ1v) is 8.39. The van der Waals surface area contributed by atoms with Gasteiger partial charge in [-0.1, -0.05) is 36.4 Å². The number of nitrogens with zero attached hydrogens (tertiary/aromatic N) is 1. The first-order chi connectivity index (χ1) is 12.6. The van der Waals surface area contributed by atoms with Crippen molar-refractivity contribution in [1.82, 2.24) is 10.3 Å². The molecule has 0 aliphatic carbocycles. The summed E-state index contributed by atoms with van der Waals surface area (Å²) in [6.07, 6.45) is 1.60. The Morgan fingerprint density at radius 1 is 1.04 bits per heavy atom. The van der Waals surface area contributed by atoms with Gasteiger partial charge in [-0.15, -0.1) is 0 Å². The number of carbonyl (C=O) groups excluding carboxylic acids is 1. The van der Waals surface area contributed by atoms with Crippen LogP contribution in [0.1, 0.15) is 27.2 Å². The van der Waals surface area contributed by atoms with Gasteiger partial charge >= 0.3 is 0 Å². The molecule has 4 nitrogen and oxygen atoms in total. The van der Waals surface area contributed by atoms with Crippen molar-refractivity contribution in [2.75, 3.05) is 5.32 Å². The minimum absolute atomic E-state index is 0.270. The molecule has 0 unspecified atom stereocenters. The van der Waals surface area contributed by atoms with E-state index >= 15 is 0 Å². The van der Waals surface area contributed by atoms with Gasteiger partial charge in [0.25, 0.3) is 5.91 Å². The molecule has 2 N–H and O–H groups in total. The summed E-state index contributed by atoms with van der Waals surface area (Å²) < 4.78 is 12.9. The third-order valence-corrected chi connectivity index (χ3v) is 4.10. The van der Waals surface area contributed by atoms with Gasteiger partial charge in [0.2, 0.25) is 0 Å². The van der Waals surface area contributed by atoms with Crippen LogP contribution in [-0.4, -0.2) is 10.9 Å². The zero-order valence-corrected chi connectivity index (χ0v) is 14.5. The predicted molar refractivity (Wildman–Crippen MR) is 100 cm³/mol. The number of pyridine rings is 1. The highest BCUT2D eigenvalue weighted by Crippen LogP contribution is 2.13. The molecule has 1 amide bonds. The predicted octanol–water partition coefficient (Wildman–Crippen LogP) is 4.07. The van der Waals surface area contributed by atoms with Crippen LogP contribution in [0.2, 0.25) is 0 Å². The highest BCUT2D eigenvalue weighted by molar-refractivity contribution is 5.93. The maximum atomic E-state index is 12.9. The average Bonchev–Trinajstić information content (AvgIpc) is 2.67. The zero-order valence-electron chi connectivity index (χ0n) is 14.5. The van der Waals surface area contributed by atoms with Crippen molar-refractivity contribution in [3.05, 3.63) is 95.1 Å². The van der Waals surface area contributed by atoms with E-state index in [-0.39, 0.29) is 11.7 Å². The maximum Gasteiger partial charge on any atom is 0.270 e. The SMILES string of the molecule is Cc1ccccc1CNc1ccnc(C(=O)NCc2ccc(F)cc2)c1. The molecular weight excluding hydrogens is 329 g/mol. The van der Waals surface area contributed by atoms with Crippen molar-refractivity contribution in [3.63, 3.8) is 0 Å². The third-order valence-electron chi connectivity index (χ3n) is 4.10. The van der Waals surface area contributed by atoms with Gasteiger partial charge in [0.05, 0.1) is 0 Å². The number of hydrogen-bond acceptors (Lipinski definition) is 3. The van der Waals surface area contributed by atoms with E-state index in [1.54, 1.807) is 24.4 Å². The molecule has 0 fully saturated rings. The van der Waals surface area contributed by atoms with Crippen molar-refractivity contribution >= 4 is 11.6 Å². The van der Waals surface area contributed by atoms with Gasteiger partial charge in [0.1, 0.15) is 11.5 Å². The van der Waals surface area contributed by atoms with E-state index in [0.29, 0.717) is 18.8 Å². The van der Waals surface area contributed by atoms with E-state index in [2.05, 4.69) is 34.7 Å². The Morgan fingerprint density at radius 3 is 2.58 bits per heavy atom. The molecule has 132 valence electrons. The fraction of sp³-hybridized carbons (Fsp3) is 0.143. The zero-order chi connectivity index (χ0) is 18.4. The van der Waals surface area contributed by atoms with Crippen LogP contribution < -0.4 is 10.6 Å². The van der Waals surface area contributed by atoms with Crippen LogP contribution in [0.5, 0.6) is 0 Å². The molecule has 0 radical (unpaired) electrons. The van der Waals surface area contributed by atoms with Gasteiger partial charge in [0, 0.05) is 25.0 Å². The first-order valence-electron chi connectivity index (χ1n) is 8.39. The van der Waals surface area contributed by atoms with E-state index in [1.165, 1.54) is 23.3 Å². The number of aryl methyl sites for hydroxylation is 1. The molecule has 0 atom stereocenters. The lowest BCUT2D eigenvalue weighted by molar-refractivity contribution is 0.0946. The quantitative estimate of drug-likeness (QED) is 0.705. The van der Waals surface area contributed by atoms with Crippen LogP contribution in [0.15, 0.2) is 66.9 Å². The number of aromatic nitrogens is 1. The number of rotatable bonds is 6. The lowest BCUT2D eigenvalue weighted by Gasteiger charge is -2.10. The summed E-state index contributed by atoms with van der Waals surface area (Å²) in [6.45, 7) is 3.06. The second kappa shape index (κ2) is 8.25. The molecule has 0 spiro atoms. The summed E-state index contributed by atoms with van der Waals surface area (Å²) in [5.41, 5.74) is 4.41. The van der Waals surface area contributed by atoms with Crippen LogP contribution in [0.4, 0.5) is 10.1 Å². The number of benzene rings is 2. The van der Waals surface area contributed by atoms with Crippen molar-refractivity contribution in [3.8, 4) is 0 Å². The van der Waals surface area contributed by atoms with Crippen molar-refractivity contribution in [1.29, 1.82) is 0 Å². The monoisotopic (exact) mass is 349 g/mol. The van der Waals surface area contributed by atoms with Crippen LogP contribution in [0.3, 0.4) is 0 Å². The van der Waals surface area contributed by atoms with E-state index < -0.39 is 0 Å². The third kappa shape index (κ3) is 4.66. The van der Waals surface area contributed by atoms with Gasteiger partial charge in [-0.2, -0.15) is 0 Å². The van der Waals surface area contributed by atoms with E-state index in [4.69, 9.17) is 0 Å². The minimum atomic E-state index is -0.297. The molecule has 3 rings (SSSR count). The lowest BCUT2D eigenvalue weighted by Crippen LogP contribution is -2.23. The molecule has 1 aromatic heterocycles. The molecule has 0 saturated carbocycles. The van der Waals surface area contributed by atoms with Gasteiger partial charge in [0.15, 0.2) is 0 Å². The molecular formula is C21H20FN3O. The van der Waals surface area contributed by atoms with Crippen LogP contribution in [0, 0.1) is 12.7 Å². The minimum Gasteiger partial charge on any atom is -0.381 e. The van der Waals surface area contributed by atoms with E-state index in [9.17, 15) is 9.18 Å². The van der Waals surface area contributed by atoms with Gasteiger partial charge in [-0.3, -0.25) is 9.78 Å². The highest BCUT2D eigenvalue weighted by atomic mass is 19.1. The van der Waals surface area contributed by atoms with Crippen LogP contribution >= 0.6 is 0 Å². The molecule has 0 aliphatic rings. The standard InChI is InChI=1S/C21H20FN3O/c1-15-4-2-3-5-17(15)14-24-19-10-11-23-20(12-19)21(26)25-13-16-6-8-18(22)9-7-16/h2-12H,13-14H2,1H3,(H,23,24)(H,25,26). The fourth-order valence-electron chi connectivity index (χ4n) is 2.55. The van der Waals surface area contributed by atoms with Crippen molar-refractivity contribution in [2.24, 2.45) is 0 Å². The molecule has 5 heteroatoms. The van der Waals surface area contributed by atoms with Crippen molar-refractivity contribution in [2.45, 2.75) is 20.0 Å². The van der Waals surface area contributed by atoms with Gasteiger partial charge in [-0.05, 0) is 47.9 Å². The smallest absolute Gasteiger partial charge is 0.270 e. The maximum absolute atomic E-state index is 12.9. The highest BCUT2D eigenvalue weighted by Gasteiger charge is 2.08. The Bertz CT molecular complexity index is 894. The number of halogens is 1. The number of carbonyl (C=O) groups is 1. The number of hydrogen-bond donors (Lipinski definition) is 2. The Balaban J connectivity index is 1.60. The van der Waals surface area contributed by atoms with Gasteiger partial charge < -0.3 is 10.6 Å². The Morgan fingerprint density at radius 2 is 1.81 bits per heavy atom. The summed E-state index contributed by atoms with van der Waals surface area (Å²) in [5, 5.41) is 6.11. The van der Waals surface area contributed by atoms with Crippen LogP contribution in [0.25, 0.3) is 0 Å². The fourth-order valence-corrected chi connectivity index (χ4v) is 2.55. The summed E-state index contributed by atoms with van der Waals surface area (Å²) >= 11 is 0. The molecule has 0 bridgehead atoms. The van der Waals surface area contributed by atoms with Crippen LogP contribution in [-0.2, 0) is 13.1 Å². The molecule has 1 heterocycles. The molecule has 3 aromatic rings. The van der Waals surface area contributed by atoms with E-state index in [1.807, 2.05) is 18.2 Å². The second-order valence-electron chi connectivity index (χ2n) is 6.02. The first kappa shape index (κ1) is 17.6. The number of amides is 1. The number of nitrogens with one attached hydrogen (secondary N) is 2. The average molecular weight is 349 g/mol. The second-order valence-corrected chi connectivity index (χ2v) is 6.02. The Kier molecular flexibility index (Phi) is 5.59. The summed E-state index contributed by atoms with van der Waals surface area (Å²) in [5.74, 6) is -0.567. The summed E-state index contributed by atoms with van der Waals surface area (Å²) in [7, 11) is 0. The summed E-state index contributed by atoms with van der Waals surface area (Å²) in [6, 6.07) is 17.7. The Hall–Kier alpha value is -3.21. The largest absolute Gasteiger partial charge is 0.381 e. The molecule has 0 saturated heterocycles. The van der Waals surface area contributed by atoms with E-state index in [0.717, 1.165) is 11.3 Å². The Labute approximate surface area is 152 Å². The normalized spacial score (nSPS) is 10.4. The number of anilines is 1. The van der Waals surface area contributed by atoms with Crippen molar-refractivity contribution < 1.29 is 9.18 Å². The lowest BCUT2D eigenvalue weighted by atomic mass is 10.1. The summed E-state index contributed by atoms with van der Waals surface area (Å²) in [4.78, 5) is 16.4. The molecule has 0 aliphatic heterocycles. The van der Waals surface area contributed by atoms with Gasteiger partial charge in [-0.25, -0.2) is 4.39 Å². The molecule has 26 heavy (non-hydrogen) atoms.